The molecule has 0 heterocycles. The number of rotatable bonds is 8. The van der Waals surface area contributed by atoms with Crippen molar-refractivity contribution in [2.24, 2.45) is 0 Å². The van der Waals surface area contributed by atoms with Gasteiger partial charge in [-0.3, -0.25) is 4.79 Å². The van der Waals surface area contributed by atoms with Crippen LogP contribution in [0.5, 0.6) is 0 Å². The number of Topliss-reactive ketones (excluding diaryl/α,β-unsaturated/α-hetero) is 1. The van der Waals surface area contributed by atoms with Crippen molar-refractivity contribution in [3.63, 3.8) is 0 Å². The minimum Gasteiger partial charge on any atom is -0.465 e. The third-order valence-electron chi connectivity index (χ3n) is 2.37. The van der Waals surface area contributed by atoms with E-state index in [1.807, 2.05) is 6.20 Å². The van der Waals surface area contributed by atoms with E-state index in [0.717, 1.165) is 25.9 Å². The van der Waals surface area contributed by atoms with E-state index in [1.165, 1.54) is 20.1 Å². The molecule has 0 aliphatic rings. The van der Waals surface area contributed by atoms with Gasteiger partial charge in [0.05, 0.1) is 7.11 Å². The summed E-state index contributed by atoms with van der Waals surface area (Å²) in [6, 6.07) is 0. The van der Waals surface area contributed by atoms with Gasteiger partial charge in [0.25, 0.3) is 0 Å². The van der Waals surface area contributed by atoms with Crippen LogP contribution in [-0.2, 0) is 14.3 Å². The minimum absolute atomic E-state index is 0.0710. The lowest BCUT2D eigenvalue weighted by molar-refractivity contribution is -0.137. The van der Waals surface area contributed by atoms with Crippen LogP contribution in [0.25, 0.3) is 0 Å². The standard InChI is InChI=1S/C14H23NO3/c1-5-9-15(10-6-2)11-7-8-13(12(3)16)14(17)18-4/h7-8,11H,5-6,9-10H2,1-4H3/b11-7+,13-8-. The molecule has 0 aromatic carbocycles. The normalized spacial score (nSPS) is 11.7. The Hall–Kier alpha value is -1.58. The van der Waals surface area contributed by atoms with Crippen molar-refractivity contribution < 1.29 is 14.3 Å². The predicted molar refractivity (Wildman–Crippen MR) is 72.1 cm³/mol. The molecule has 0 aromatic rings. The Morgan fingerprint density at radius 2 is 1.72 bits per heavy atom. The number of esters is 1. The summed E-state index contributed by atoms with van der Waals surface area (Å²) >= 11 is 0. The highest BCUT2D eigenvalue weighted by Gasteiger charge is 2.13. The molecule has 0 rings (SSSR count). The van der Waals surface area contributed by atoms with Gasteiger partial charge in [0.1, 0.15) is 5.57 Å². The molecule has 0 aliphatic carbocycles. The van der Waals surface area contributed by atoms with E-state index >= 15 is 0 Å². The molecule has 18 heavy (non-hydrogen) atoms. The van der Waals surface area contributed by atoms with E-state index in [-0.39, 0.29) is 11.4 Å². The van der Waals surface area contributed by atoms with Crippen LogP contribution in [0.2, 0.25) is 0 Å². The summed E-state index contributed by atoms with van der Waals surface area (Å²) in [5.41, 5.74) is 0.0710. The topological polar surface area (TPSA) is 46.6 Å². The second-order valence-corrected chi connectivity index (χ2v) is 4.01. The van der Waals surface area contributed by atoms with Gasteiger partial charge >= 0.3 is 5.97 Å². The van der Waals surface area contributed by atoms with Crippen molar-refractivity contribution in [2.75, 3.05) is 20.2 Å². The van der Waals surface area contributed by atoms with E-state index < -0.39 is 5.97 Å². The van der Waals surface area contributed by atoms with Crippen LogP contribution in [0.15, 0.2) is 23.9 Å². The number of hydrogen-bond acceptors (Lipinski definition) is 4. The Balaban J connectivity index is 4.71. The molecule has 0 amide bonds. The van der Waals surface area contributed by atoms with E-state index in [0.29, 0.717) is 0 Å². The maximum Gasteiger partial charge on any atom is 0.341 e. The molecule has 4 heteroatoms. The average Bonchev–Trinajstić information content (AvgIpc) is 2.33. The molecule has 0 bridgehead atoms. The van der Waals surface area contributed by atoms with Crippen molar-refractivity contribution in [1.82, 2.24) is 4.90 Å². The van der Waals surface area contributed by atoms with Gasteiger partial charge in [0.2, 0.25) is 0 Å². The van der Waals surface area contributed by atoms with Crippen molar-refractivity contribution in [3.05, 3.63) is 23.9 Å². The summed E-state index contributed by atoms with van der Waals surface area (Å²) in [5.74, 6) is -0.881. The first-order valence-corrected chi connectivity index (χ1v) is 6.28. The molecule has 0 fully saturated rings. The summed E-state index contributed by atoms with van der Waals surface area (Å²) in [4.78, 5) is 24.7. The first-order chi connectivity index (χ1) is 8.56. The molecular formula is C14H23NO3. The van der Waals surface area contributed by atoms with Gasteiger partial charge in [-0.2, -0.15) is 0 Å². The smallest absolute Gasteiger partial charge is 0.341 e. The van der Waals surface area contributed by atoms with Gasteiger partial charge in [-0.05, 0) is 38.1 Å². The van der Waals surface area contributed by atoms with Crippen LogP contribution >= 0.6 is 0 Å². The number of nitrogens with zero attached hydrogens (tertiary/aromatic N) is 1. The average molecular weight is 253 g/mol. The summed E-state index contributed by atoms with van der Waals surface area (Å²) in [6.45, 7) is 7.51. The highest BCUT2D eigenvalue weighted by atomic mass is 16.5. The van der Waals surface area contributed by atoms with E-state index in [4.69, 9.17) is 0 Å². The van der Waals surface area contributed by atoms with Crippen LogP contribution < -0.4 is 0 Å². The Morgan fingerprint density at radius 3 is 2.11 bits per heavy atom. The number of ether oxygens (including phenoxy) is 1. The quantitative estimate of drug-likeness (QED) is 0.219. The van der Waals surface area contributed by atoms with Crippen LogP contribution in [0.3, 0.4) is 0 Å². The summed E-state index contributed by atoms with van der Waals surface area (Å²) in [6.07, 6.45) is 7.25. The largest absolute Gasteiger partial charge is 0.465 e. The maximum atomic E-state index is 11.3. The molecule has 0 saturated carbocycles. The zero-order valence-corrected chi connectivity index (χ0v) is 11.7. The Kier molecular flexibility index (Phi) is 8.62. The monoisotopic (exact) mass is 253 g/mol. The second kappa shape index (κ2) is 9.45. The van der Waals surface area contributed by atoms with Crippen LogP contribution in [0, 0.1) is 0 Å². The first kappa shape index (κ1) is 16.4. The number of hydrogen-bond donors (Lipinski definition) is 0. The van der Waals surface area contributed by atoms with Gasteiger partial charge in [0, 0.05) is 13.1 Å². The molecule has 4 nitrogen and oxygen atoms in total. The van der Waals surface area contributed by atoms with Gasteiger partial charge in [-0.25, -0.2) is 4.79 Å². The van der Waals surface area contributed by atoms with Gasteiger partial charge in [0.15, 0.2) is 5.78 Å². The minimum atomic E-state index is -0.593. The molecule has 0 N–H and O–H groups in total. The third kappa shape index (κ3) is 6.23. The fraction of sp³-hybridized carbons (Fsp3) is 0.571. The maximum absolute atomic E-state index is 11.3. The van der Waals surface area contributed by atoms with Crippen LogP contribution in [-0.4, -0.2) is 36.9 Å². The molecule has 102 valence electrons. The number of ketones is 1. The highest BCUT2D eigenvalue weighted by molar-refractivity contribution is 6.16. The molecule has 0 aromatic heterocycles. The number of allylic oxidation sites excluding steroid dienone is 2. The van der Waals surface area contributed by atoms with Crippen LogP contribution in [0.4, 0.5) is 0 Å². The van der Waals surface area contributed by atoms with Crippen molar-refractivity contribution in [2.45, 2.75) is 33.6 Å². The molecule has 0 spiro atoms. The Labute approximate surface area is 109 Å². The van der Waals surface area contributed by atoms with E-state index in [2.05, 4.69) is 23.5 Å². The van der Waals surface area contributed by atoms with E-state index in [1.54, 1.807) is 6.08 Å². The lowest BCUT2D eigenvalue weighted by atomic mass is 10.2. The molecular weight excluding hydrogens is 230 g/mol. The molecule has 0 aliphatic heterocycles. The van der Waals surface area contributed by atoms with E-state index in [9.17, 15) is 9.59 Å². The summed E-state index contributed by atoms with van der Waals surface area (Å²) < 4.78 is 4.55. The molecule has 0 atom stereocenters. The highest BCUT2D eigenvalue weighted by Crippen LogP contribution is 2.01. The lowest BCUT2D eigenvalue weighted by Crippen LogP contribution is -2.18. The lowest BCUT2D eigenvalue weighted by Gasteiger charge is -2.17. The second-order valence-electron chi connectivity index (χ2n) is 4.01. The van der Waals surface area contributed by atoms with Gasteiger partial charge in [-0.1, -0.05) is 13.8 Å². The first-order valence-electron chi connectivity index (χ1n) is 6.28. The Bertz CT molecular complexity index is 326. The number of carbonyl (C=O) groups excluding carboxylic acids is 2. The van der Waals surface area contributed by atoms with Crippen molar-refractivity contribution in [1.29, 1.82) is 0 Å². The fourth-order valence-electron chi connectivity index (χ4n) is 1.54. The number of carbonyl (C=O) groups is 2. The predicted octanol–water partition coefficient (Wildman–Crippen LogP) is 2.31. The van der Waals surface area contributed by atoms with Crippen molar-refractivity contribution >= 4 is 11.8 Å². The number of methoxy groups -OCH3 is 1. The van der Waals surface area contributed by atoms with Gasteiger partial charge < -0.3 is 9.64 Å². The Morgan fingerprint density at radius 1 is 1.17 bits per heavy atom. The van der Waals surface area contributed by atoms with Crippen molar-refractivity contribution in [3.8, 4) is 0 Å². The summed E-state index contributed by atoms with van der Waals surface area (Å²) in [7, 11) is 1.27. The SMILES string of the molecule is CCCN(/C=C/C=C(/C(C)=O)C(=O)OC)CCC. The zero-order chi connectivity index (χ0) is 14.0. The zero-order valence-electron chi connectivity index (χ0n) is 11.7. The molecule has 0 saturated heterocycles. The molecule has 0 radical (unpaired) electrons. The summed E-state index contributed by atoms with van der Waals surface area (Å²) in [5, 5.41) is 0. The van der Waals surface area contributed by atoms with Crippen LogP contribution in [0.1, 0.15) is 33.6 Å². The third-order valence-corrected chi connectivity index (χ3v) is 2.37. The molecule has 0 unspecified atom stereocenters. The fourth-order valence-corrected chi connectivity index (χ4v) is 1.54. The van der Waals surface area contributed by atoms with Gasteiger partial charge in [-0.15, -0.1) is 0 Å².